The number of aromatic nitrogens is 3. The fourth-order valence-electron chi connectivity index (χ4n) is 2.13. The van der Waals surface area contributed by atoms with Crippen LogP contribution in [0.3, 0.4) is 0 Å². The summed E-state index contributed by atoms with van der Waals surface area (Å²) in [6.45, 7) is 4.97. The van der Waals surface area contributed by atoms with Crippen molar-refractivity contribution in [1.82, 2.24) is 14.8 Å². The molecule has 5 heteroatoms. The minimum Gasteiger partial charge on any atom is -0.497 e. The van der Waals surface area contributed by atoms with Crippen LogP contribution in [-0.2, 0) is 17.6 Å². The summed E-state index contributed by atoms with van der Waals surface area (Å²) in [6, 6.07) is 7.84. The van der Waals surface area contributed by atoms with E-state index in [1.165, 1.54) is 0 Å². The Morgan fingerprint density at radius 3 is 2.43 bits per heavy atom. The van der Waals surface area contributed by atoms with Crippen molar-refractivity contribution in [2.75, 3.05) is 20.8 Å². The number of methoxy groups -OCH3 is 2. The molecule has 2 aromatic rings. The van der Waals surface area contributed by atoms with Crippen molar-refractivity contribution in [3.63, 3.8) is 0 Å². The highest BCUT2D eigenvalue weighted by molar-refractivity contribution is 5.37. The van der Waals surface area contributed by atoms with Crippen LogP contribution < -0.4 is 4.74 Å². The third-order valence-electron chi connectivity index (χ3n) is 3.16. The zero-order valence-corrected chi connectivity index (χ0v) is 13.2. The summed E-state index contributed by atoms with van der Waals surface area (Å²) in [7, 11) is 3.36. The van der Waals surface area contributed by atoms with E-state index in [0.29, 0.717) is 12.5 Å². The molecule has 5 nitrogen and oxygen atoms in total. The largest absolute Gasteiger partial charge is 0.497 e. The maximum Gasteiger partial charge on any atom is 0.151 e. The Hall–Kier alpha value is -1.88. The first-order valence-electron chi connectivity index (χ1n) is 7.22. The van der Waals surface area contributed by atoms with Crippen LogP contribution in [0.5, 0.6) is 5.75 Å². The van der Waals surface area contributed by atoms with Crippen LogP contribution in [-0.4, -0.2) is 35.6 Å². The predicted octanol–water partition coefficient (Wildman–Crippen LogP) is 2.66. The lowest BCUT2D eigenvalue weighted by atomic mass is 10.1. The second-order valence-corrected chi connectivity index (χ2v) is 5.39. The molecule has 0 aliphatic carbocycles. The molecular formula is C16H23N3O2. The summed E-state index contributed by atoms with van der Waals surface area (Å²) in [4.78, 5) is 4.65. The van der Waals surface area contributed by atoms with Crippen molar-refractivity contribution in [3.05, 3.63) is 35.9 Å². The number of hydrogen-bond acceptors (Lipinski definition) is 4. The monoisotopic (exact) mass is 289 g/mol. The SMILES string of the molecule is COCCc1nc(CC(C)C)nn1-c1ccc(OC)cc1. The van der Waals surface area contributed by atoms with Gasteiger partial charge in [0.25, 0.3) is 0 Å². The molecule has 0 spiro atoms. The van der Waals surface area contributed by atoms with Gasteiger partial charge in [-0.15, -0.1) is 0 Å². The fraction of sp³-hybridized carbons (Fsp3) is 0.500. The van der Waals surface area contributed by atoms with Crippen molar-refractivity contribution in [2.45, 2.75) is 26.7 Å². The van der Waals surface area contributed by atoms with E-state index in [-0.39, 0.29) is 0 Å². The molecule has 0 aliphatic heterocycles. The van der Waals surface area contributed by atoms with E-state index >= 15 is 0 Å². The Morgan fingerprint density at radius 2 is 1.86 bits per heavy atom. The Morgan fingerprint density at radius 1 is 1.14 bits per heavy atom. The molecular weight excluding hydrogens is 266 g/mol. The average Bonchev–Trinajstić information content (AvgIpc) is 2.87. The molecule has 0 atom stereocenters. The number of ether oxygens (including phenoxy) is 2. The average molecular weight is 289 g/mol. The fourth-order valence-corrected chi connectivity index (χ4v) is 2.13. The van der Waals surface area contributed by atoms with Gasteiger partial charge >= 0.3 is 0 Å². The van der Waals surface area contributed by atoms with Gasteiger partial charge in [-0.2, -0.15) is 5.10 Å². The molecule has 0 amide bonds. The van der Waals surface area contributed by atoms with E-state index in [9.17, 15) is 0 Å². The van der Waals surface area contributed by atoms with E-state index in [0.717, 1.165) is 35.9 Å². The molecule has 2 rings (SSSR count). The summed E-state index contributed by atoms with van der Waals surface area (Å²) in [5, 5.41) is 4.64. The van der Waals surface area contributed by atoms with Gasteiger partial charge in [0.1, 0.15) is 11.6 Å². The molecule has 114 valence electrons. The summed E-state index contributed by atoms with van der Waals surface area (Å²) in [5.41, 5.74) is 0.990. The first-order valence-corrected chi connectivity index (χ1v) is 7.22. The maximum atomic E-state index is 5.19. The van der Waals surface area contributed by atoms with Crippen LogP contribution in [0.15, 0.2) is 24.3 Å². The molecule has 0 bridgehead atoms. The second kappa shape index (κ2) is 7.22. The Kier molecular flexibility index (Phi) is 5.33. The highest BCUT2D eigenvalue weighted by atomic mass is 16.5. The number of rotatable bonds is 7. The molecule has 0 unspecified atom stereocenters. The smallest absolute Gasteiger partial charge is 0.151 e. The molecule has 1 aromatic carbocycles. The second-order valence-electron chi connectivity index (χ2n) is 5.39. The van der Waals surface area contributed by atoms with Gasteiger partial charge in [-0.05, 0) is 30.2 Å². The number of benzene rings is 1. The third kappa shape index (κ3) is 4.04. The molecule has 21 heavy (non-hydrogen) atoms. The molecule has 0 saturated carbocycles. The molecule has 1 aromatic heterocycles. The van der Waals surface area contributed by atoms with Crippen LogP contribution in [0, 0.1) is 5.92 Å². The molecule has 0 radical (unpaired) electrons. The van der Waals surface area contributed by atoms with Crippen LogP contribution in [0.25, 0.3) is 5.69 Å². The lowest BCUT2D eigenvalue weighted by Gasteiger charge is -2.06. The minimum atomic E-state index is 0.534. The van der Waals surface area contributed by atoms with E-state index < -0.39 is 0 Å². The molecule has 1 heterocycles. The summed E-state index contributed by atoms with van der Waals surface area (Å²) in [6.07, 6.45) is 1.62. The van der Waals surface area contributed by atoms with E-state index in [1.54, 1.807) is 14.2 Å². The van der Waals surface area contributed by atoms with Gasteiger partial charge < -0.3 is 9.47 Å². The minimum absolute atomic E-state index is 0.534. The quantitative estimate of drug-likeness (QED) is 0.786. The normalized spacial score (nSPS) is 11.1. The van der Waals surface area contributed by atoms with Crippen molar-refractivity contribution in [3.8, 4) is 11.4 Å². The van der Waals surface area contributed by atoms with E-state index in [1.807, 2.05) is 28.9 Å². The molecule has 0 saturated heterocycles. The van der Waals surface area contributed by atoms with Gasteiger partial charge in [0.2, 0.25) is 0 Å². The molecule has 0 N–H and O–H groups in total. The third-order valence-corrected chi connectivity index (χ3v) is 3.16. The molecule has 0 aliphatic rings. The van der Waals surface area contributed by atoms with Gasteiger partial charge in [-0.1, -0.05) is 13.8 Å². The first-order chi connectivity index (χ1) is 10.1. The standard InChI is InChI=1S/C16H23N3O2/c1-12(2)11-15-17-16(9-10-20-3)19(18-15)13-5-7-14(21-4)8-6-13/h5-8,12H,9-11H2,1-4H3. The Labute approximate surface area is 125 Å². The van der Waals surface area contributed by atoms with Crippen molar-refractivity contribution in [1.29, 1.82) is 0 Å². The lowest BCUT2D eigenvalue weighted by molar-refractivity contribution is 0.200. The Bertz CT molecular complexity index is 561. The maximum absolute atomic E-state index is 5.19. The van der Waals surface area contributed by atoms with Gasteiger partial charge in [0.05, 0.1) is 19.4 Å². The van der Waals surface area contributed by atoms with Crippen LogP contribution in [0.2, 0.25) is 0 Å². The number of nitrogens with zero attached hydrogens (tertiary/aromatic N) is 3. The highest BCUT2D eigenvalue weighted by Crippen LogP contribution is 2.17. The van der Waals surface area contributed by atoms with Gasteiger partial charge in [0.15, 0.2) is 5.82 Å². The van der Waals surface area contributed by atoms with Gasteiger partial charge in [-0.25, -0.2) is 9.67 Å². The van der Waals surface area contributed by atoms with E-state index in [4.69, 9.17) is 9.47 Å². The summed E-state index contributed by atoms with van der Waals surface area (Å²) in [5.74, 6) is 3.18. The van der Waals surface area contributed by atoms with Crippen molar-refractivity contribution < 1.29 is 9.47 Å². The highest BCUT2D eigenvalue weighted by Gasteiger charge is 2.12. The Balaban J connectivity index is 2.31. The first kappa shape index (κ1) is 15.5. The molecule has 0 fully saturated rings. The van der Waals surface area contributed by atoms with Gasteiger partial charge in [-0.3, -0.25) is 0 Å². The lowest BCUT2D eigenvalue weighted by Crippen LogP contribution is -2.06. The van der Waals surface area contributed by atoms with E-state index in [2.05, 4.69) is 23.9 Å². The zero-order chi connectivity index (χ0) is 15.2. The topological polar surface area (TPSA) is 49.2 Å². The van der Waals surface area contributed by atoms with Crippen molar-refractivity contribution >= 4 is 0 Å². The summed E-state index contributed by atoms with van der Waals surface area (Å²) < 4.78 is 12.3. The van der Waals surface area contributed by atoms with Crippen molar-refractivity contribution in [2.24, 2.45) is 5.92 Å². The van der Waals surface area contributed by atoms with Crippen LogP contribution in [0.4, 0.5) is 0 Å². The van der Waals surface area contributed by atoms with Crippen LogP contribution in [0.1, 0.15) is 25.5 Å². The van der Waals surface area contributed by atoms with Crippen LogP contribution >= 0.6 is 0 Å². The predicted molar refractivity (Wildman–Crippen MR) is 82.0 cm³/mol. The summed E-state index contributed by atoms with van der Waals surface area (Å²) >= 11 is 0. The zero-order valence-electron chi connectivity index (χ0n) is 13.2. The van der Waals surface area contributed by atoms with Gasteiger partial charge in [0, 0.05) is 20.0 Å². The number of hydrogen-bond donors (Lipinski definition) is 0.